The van der Waals surface area contributed by atoms with E-state index in [9.17, 15) is 0 Å². The van der Waals surface area contributed by atoms with Crippen molar-refractivity contribution in [2.45, 2.75) is 5.41 Å². The van der Waals surface area contributed by atoms with Crippen LogP contribution in [0.5, 0.6) is 11.5 Å². The summed E-state index contributed by atoms with van der Waals surface area (Å²) in [4.78, 5) is 10.3. The number of aromatic nitrogens is 2. The number of ether oxygens (including phenoxy) is 1. The van der Waals surface area contributed by atoms with Gasteiger partial charge in [0.25, 0.3) is 0 Å². The van der Waals surface area contributed by atoms with Crippen molar-refractivity contribution in [2.75, 3.05) is 0 Å². The van der Waals surface area contributed by atoms with Gasteiger partial charge in [-0.3, -0.25) is 0 Å². The standard InChI is InChI=1S/C47H28N2O2/c1-3-14-29(15-4-1)40-28-41(49-46(48-40)30-16-5-2-6-17-30)33-20-13-23-38-45(33)51-43-25-12-10-22-37(43)47(38)36-21-9-7-18-31(36)34-26-35-32-19-8-11-24-42(32)50-44(35)27-39(34)47/h1-28H. The van der Waals surface area contributed by atoms with E-state index in [-0.39, 0.29) is 0 Å². The van der Waals surface area contributed by atoms with Gasteiger partial charge >= 0.3 is 0 Å². The zero-order valence-electron chi connectivity index (χ0n) is 27.4. The first-order valence-corrected chi connectivity index (χ1v) is 17.2. The van der Waals surface area contributed by atoms with Crippen molar-refractivity contribution in [2.24, 2.45) is 0 Å². The van der Waals surface area contributed by atoms with Crippen molar-refractivity contribution in [1.82, 2.24) is 9.97 Å². The first-order chi connectivity index (χ1) is 25.3. The molecule has 0 bridgehead atoms. The predicted octanol–water partition coefficient (Wildman–Crippen LogP) is 11.8. The Balaban J connectivity index is 1.22. The molecule has 4 heteroatoms. The summed E-state index contributed by atoms with van der Waals surface area (Å²) in [5.41, 5.74) is 12.7. The lowest BCUT2D eigenvalue weighted by Gasteiger charge is -2.40. The third-order valence-electron chi connectivity index (χ3n) is 10.6. The van der Waals surface area contributed by atoms with Crippen molar-refractivity contribution >= 4 is 21.9 Å². The molecule has 51 heavy (non-hydrogen) atoms. The van der Waals surface area contributed by atoms with E-state index >= 15 is 0 Å². The number of nitrogens with zero attached hydrogens (tertiary/aromatic N) is 2. The Morgan fingerprint density at radius 2 is 1.08 bits per heavy atom. The van der Waals surface area contributed by atoms with Crippen LogP contribution < -0.4 is 4.74 Å². The lowest BCUT2D eigenvalue weighted by molar-refractivity contribution is 0.438. The maximum absolute atomic E-state index is 7.02. The van der Waals surface area contributed by atoms with E-state index in [1.807, 2.05) is 48.5 Å². The van der Waals surface area contributed by atoms with Crippen LogP contribution in [0.2, 0.25) is 0 Å². The monoisotopic (exact) mass is 652 g/mol. The zero-order valence-corrected chi connectivity index (χ0v) is 27.4. The number of para-hydroxylation sites is 3. The Bertz CT molecular complexity index is 2780. The molecule has 3 heterocycles. The first kappa shape index (κ1) is 28.1. The summed E-state index contributed by atoms with van der Waals surface area (Å²) in [6.45, 7) is 0. The zero-order chi connectivity index (χ0) is 33.5. The topological polar surface area (TPSA) is 48.2 Å². The van der Waals surface area contributed by atoms with Crippen LogP contribution in [0.4, 0.5) is 0 Å². The van der Waals surface area contributed by atoms with Gasteiger partial charge in [-0.2, -0.15) is 0 Å². The summed E-state index contributed by atoms with van der Waals surface area (Å²) in [5.74, 6) is 2.28. The van der Waals surface area contributed by atoms with Gasteiger partial charge in [-0.1, -0.05) is 133 Å². The lowest BCUT2D eigenvalue weighted by atomic mass is 9.65. The molecule has 1 atom stereocenters. The molecule has 7 aromatic carbocycles. The molecule has 2 aromatic heterocycles. The fraction of sp³-hybridized carbons (Fsp3) is 0.0213. The minimum atomic E-state index is -0.656. The Morgan fingerprint density at radius 1 is 0.412 bits per heavy atom. The molecule has 1 unspecified atom stereocenters. The van der Waals surface area contributed by atoms with E-state index in [4.69, 9.17) is 19.1 Å². The van der Waals surface area contributed by atoms with Crippen LogP contribution in [-0.4, -0.2) is 9.97 Å². The number of furan rings is 1. The van der Waals surface area contributed by atoms with Crippen molar-refractivity contribution in [3.8, 4) is 56.5 Å². The highest BCUT2D eigenvalue weighted by Crippen LogP contribution is 2.63. The van der Waals surface area contributed by atoms with Crippen molar-refractivity contribution in [1.29, 1.82) is 0 Å². The second kappa shape index (κ2) is 10.6. The first-order valence-electron chi connectivity index (χ1n) is 17.2. The minimum Gasteiger partial charge on any atom is -0.456 e. The number of hydrogen-bond acceptors (Lipinski definition) is 4. The molecule has 1 spiro atoms. The molecule has 0 fully saturated rings. The predicted molar refractivity (Wildman–Crippen MR) is 203 cm³/mol. The molecule has 9 aromatic rings. The van der Waals surface area contributed by atoms with Crippen LogP contribution in [0.3, 0.4) is 0 Å². The Labute approximate surface area is 294 Å². The quantitative estimate of drug-likeness (QED) is 0.191. The number of rotatable bonds is 3. The van der Waals surface area contributed by atoms with Gasteiger partial charge in [-0.05, 0) is 58.7 Å². The average Bonchev–Trinajstić information content (AvgIpc) is 3.70. The van der Waals surface area contributed by atoms with Crippen LogP contribution in [0.15, 0.2) is 174 Å². The molecule has 0 saturated heterocycles. The Morgan fingerprint density at radius 3 is 1.94 bits per heavy atom. The van der Waals surface area contributed by atoms with E-state index in [1.54, 1.807) is 0 Å². The van der Waals surface area contributed by atoms with Crippen LogP contribution in [0.25, 0.3) is 67.0 Å². The molecule has 2 aliphatic rings. The van der Waals surface area contributed by atoms with Gasteiger partial charge in [0.15, 0.2) is 5.82 Å². The third kappa shape index (κ3) is 3.96. The third-order valence-corrected chi connectivity index (χ3v) is 10.6. The van der Waals surface area contributed by atoms with Crippen LogP contribution >= 0.6 is 0 Å². The van der Waals surface area contributed by atoms with E-state index in [2.05, 4.69) is 121 Å². The summed E-state index contributed by atoms with van der Waals surface area (Å²) in [7, 11) is 0. The van der Waals surface area contributed by atoms with E-state index < -0.39 is 5.41 Å². The molecular weight excluding hydrogens is 625 g/mol. The van der Waals surface area contributed by atoms with Gasteiger partial charge in [-0.15, -0.1) is 0 Å². The summed E-state index contributed by atoms with van der Waals surface area (Å²) in [6, 6.07) is 59.2. The van der Waals surface area contributed by atoms with Crippen LogP contribution in [0.1, 0.15) is 22.3 Å². The van der Waals surface area contributed by atoms with E-state index in [1.165, 1.54) is 22.3 Å². The summed E-state index contributed by atoms with van der Waals surface area (Å²) in [5, 5.41) is 2.24. The second-order valence-electron chi connectivity index (χ2n) is 13.3. The molecule has 0 saturated carbocycles. The highest BCUT2D eigenvalue weighted by Gasteiger charge is 2.52. The fourth-order valence-corrected chi connectivity index (χ4v) is 8.40. The molecule has 4 nitrogen and oxygen atoms in total. The molecule has 11 rings (SSSR count). The molecule has 238 valence electrons. The van der Waals surface area contributed by atoms with Gasteiger partial charge < -0.3 is 9.15 Å². The van der Waals surface area contributed by atoms with Crippen molar-refractivity contribution in [3.63, 3.8) is 0 Å². The Hall–Kier alpha value is -6.78. The van der Waals surface area contributed by atoms with E-state index in [0.717, 1.165) is 72.6 Å². The summed E-state index contributed by atoms with van der Waals surface area (Å²) in [6.07, 6.45) is 0. The van der Waals surface area contributed by atoms with E-state index in [0.29, 0.717) is 5.82 Å². The maximum atomic E-state index is 7.02. The minimum absolute atomic E-state index is 0.656. The second-order valence-corrected chi connectivity index (χ2v) is 13.3. The van der Waals surface area contributed by atoms with Crippen molar-refractivity contribution in [3.05, 3.63) is 192 Å². The maximum Gasteiger partial charge on any atom is 0.160 e. The highest BCUT2D eigenvalue weighted by molar-refractivity contribution is 6.08. The highest BCUT2D eigenvalue weighted by atomic mass is 16.5. The summed E-state index contributed by atoms with van der Waals surface area (Å²) < 4.78 is 13.6. The Kier molecular flexibility index (Phi) is 5.84. The van der Waals surface area contributed by atoms with Gasteiger partial charge in [-0.25, -0.2) is 9.97 Å². The largest absolute Gasteiger partial charge is 0.456 e. The van der Waals surface area contributed by atoms with Crippen molar-refractivity contribution < 1.29 is 9.15 Å². The van der Waals surface area contributed by atoms with Crippen LogP contribution in [0, 0.1) is 0 Å². The lowest BCUT2D eigenvalue weighted by Crippen LogP contribution is -2.32. The van der Waals surface area contributed by atoms with Gasteiger partial charge in [0.2, 0.25) is 0 Å². The molecule has 0 N–H and O–H groups in total. The molecular formula is C47H28N2O2. The number of hydrogen-bond donors (Lipinski definition) is 0. The summed E-state index contributed by atoms with van der Waals surface area (Å²) >= 11 is 0. The SMILES string of the molecule is c1ccc(-c2cc(-c3cccc4c3Oc3ccccc3C43c4ccccc4-c4cc5c(cc43)oc3ccccc35)nc(-c3ccccc3)n2)cc1. The van der Waals surface area contributed by atoms with Gasteiger partial charge in [0, 0.05) is 38.6 Å². The van der Waals surface area contributed by atoms with Gasteiger partial charge in [0.1, 0.15) is 22.7 Å². The number of benzene rings is 7. The molecule has 1 aliphatic carbocycles. The number of fused-ring (bicyclic) bond motifs is 12. The smallest absolute Gasteiger partial charge is 0.160 e. The van der Waals surface area contributed by atoms with Gasteiger partial charge in [0.05, 0.1) is 16.8 Å². The molecule has 1 aliphatic heterocycles. The van der Waals surface area contributed by atoms with Crippen LogP contribution in [-0.2, 0) is 5.41 Å². The average molecular weight is 653 g/mol. The molecule has 0 radical (unpaired) electrons. The fourth-order valence-electron chi connectivity index (χ4n) is 8.40. The molecule has 0 amide bonds. The normalized spacial score (nSPS) is 15.3.